The number of nitrogens with two attached hydrogens (primary N) is 1. The van der Waals surface area contributed by atoms with Crippen LogP contribution in [-0.4, -0.2) is 44.6 Å². The maximum absolute atomic E-state index is 10.8. The van der Waals surface area contributed by atoms with E-state index in [-0.39, 0.29) is 11.3 Å². The van der Waals surface area contributed by atoms with Crippen molar-refractivity contribution in [1.29, 1.82) is 0 Å². The van der Waals surface area contributed by atoms with E-state index >= 15 is 0 Å². The summed E-state index contributed by atoms with van der Waals surface area (Å²) in [6.45, 7) is 2.15. The summed E-state index contributed by atoms with van der Waals surface area (Å²) in [6, 6.07) is 4.49. The van der Waals surface area contributed by atoms with Crippen molar-refractivity contribution in [3.8, 4) is 5.75 Å². The molecule has 6 nitrogen and oxygen atoms in total. The number of carboxylic acids is 1. The summed E-state index contributed by atoms with van der Waals surface area (Å²) < 4.78 is 15.6. The Labute approximate surface area is 112 Å². The minimum atomic E-state index is -1.05. The fourth-order valence-electron chi connectivity index (χ4n) is 1.45. The minimum Gasteiger partial charge on any atom is -0.491 e. The van der Waals surface area contributed by atoms with Crippen LogP contribution in [0.3, 0.4) is 0 Å². The maximum Gasteiger partial charge on any atom is 0.337 e. The highest BCUT2D eigenvalue weighted by molar-refractivity contribution is 5.93. The number of ether oxygens (including phenoxy) is 3. The van der Waals surface area contributed by atoms with Crippen LogP contribution in [0.4, 0.5) is 5.69 Å². The molecule has 106 valence electrons. The monoisotopic (exact) mass is 269 g/mol. The van der Waals surface area contributed by atoms with Gasteiger partial charge in [-0.15, -0.1) is 0 Å². The summed E-state index contributed by atoms with van der Waals surface area (Å²) in [4.78, 5) is 10.8. The molecular weight excluding hydrogens is 250 g/mol. The molecule has 1 aromatic carbocycles. The molecule has 0 amide bonds. The molecule has 6 heteroatoms. The van der Waals surface area contributed by atoms with Crippen LogP contribution in [-0.2, 0) is 9.47 Å². The van der Waals surface area contributed by atoms with E-state index in [2.05, 4.69) is 0 Å². The van der Waals surface area contributed by atoms with Gasteiger partial charge in [-0.2, -0.15) is 0 Å². The van der Waals surface area contributed by atoms with Crippen LogP contribution in [0.2, 0.25) is 0 Å². The van der Waals surface area contributed by atoms with Gasteiger partial charge in [-0.05, 0) is 18.6 Å². The van der Waals surface area contributed by atoms with Crippen molar-refractivity contribution in [2.45, 2.75) is 6.42 Å². The number of carboxylic acid groups (broad SMARTS) is 1. The molecule has 0 heterocycles. The molecule has 0 aliphatic carbocycles. The molecule has 1 rings (SSSR count). The topological polar surface area (TPSA) is 91.0 Å². The summed E-state index contributed by atoms with van der Waals surface area (Å²) in [5.41, 5.74) is 5.86. The second-order valence-electron chi connectivity index (χ2n) is 3.86. The molecule has 0 radical (unpaired) electrons. The highest BCUT2D eigenvalue weighted by atomic mass is 16.5. The molecule has 0 saturated heterocycles. The van der Waals surface area contributed by atoms with Gasteiger partial charge in [0.2, 0.25) is 0 Å². The number of carbonyl (C=O) groups is 1. The largest absolute Gasteiger partial charge is 0.491 e. The van der Waals surface area contributed by atoms with Crippen molar-refractivity contribution in [3.63, 3.8) is 0 Å². The van der Waals surface area contributed by atoms with E-state index in [4.69, 9.17) is 25.1 Å². The van der Waals surface area contributed by atoms with E-state index in [0.29, 0.717) is 32.2 Å². The Morgan fingerprint density at radius 3 is 2.68 bits per heavy atom. The Kier molecular flexibility index (Phi) is 6.70. The number of anilines is 1. The Hall–Kier alpha value is -1.79. The van der Waals surface area contributed by atoms with Gasteiger partial charge in [-0.3, -0.25) is 0 Å². The normalized spacial score (nSPS) is 10.4. The second-order valence-corrected chi connectivity index (χ2v) is 3.86. The Morgan fingerprint density at radius 2 is 2.05 bits per heavy atom. The lowest BCUT2D eigenvalue weighted by atomic mass is 10.2. The quantitative estimate of drug-likeness (QED) is 0.520. The molecular formula is C13H19NO5. The first kappa shape index (κ1) is 15.3. The van der Waals surface area contributed by atoms with E-state index in [1.807, 2.05) is 0 Å². The zero-order valence-electron chi connectivity index (χ0n) is 10.9. The van der Waals surface area contributed by atoms with Crippen LogP contribution in [0, 0.1) is 0 Å². The van der Waals surface area contributed by atoms with Crippen LogP contribution in [0.15, 0.2) is 18.2 Å². The van der Waals surface area contributed by atoms with E-state index in [9.17, 15) is 4.79 Å². The van der Waals surface area contributed by atoms with Gasteiger partial charge in [0.05, 0.1) is 12.2 Å². The van der Waals surface area contributed by atoms with Gasteiger partial charge in [-0.25, -0.2) is 4.79 Å². The van der Waals surface area contributed by atoms with Gasteiger partial charge in [0, 0.05) is 32.1 Å². The highest BCUT2D eigenvalue weighted by Crippen LogP contribution is 2.19. The molecule has 19 heavy (non-hydrogen) atoms. The third kappa shape index (κ3) is 5.58. The van der Waals surface area contributed by atoms with Crippen LogP contribution in [0.25, 0.3) is 0 Å². The smallest absolute Gasteiger partial charge is 0.337 e. The predicted molar refractivity (Wildman–Crippen MR) is 70.6 cm³/mol. The van der Waals surface area contributed by atoms with Crippen molar-refractivity contribution in [2.75, 3.05) is 39.3 Å². The fourth-order valence-corrected chi connectivity index (χ4v) is 1.45. The molecule has 0 aliphatic heterocycles. The number of rotatable bonds is 9. The van der Waals surface area contributed by atoms with Crippen molar-refractivity contribution >= 4 is 11.7 Å². The number of methoxy groups -OCH3 is 1. The van der Waals surface area contributed by atoms with Gasteiger partial charge in [0.1, 0.15) is 12.4 Å². The Balaban J connectivity index is 2.26. The Morgan fingerprint density at radius 1 is 1.26 bits per heavy atom. The van der Waals surface area contributed by atoms with Crippen molar-refractivity contribution in [3.05, 3.63) is 23.8 Å². The van der Waals surface area contributed by atoms with Gasteiger partial charge < -0.3 is 25.1 Å². The zero-order valence-corrected chi connectivity index (χ0v) is 10.9. The standard InChI is InChI=1S/C13H19NO5/c1-17-5-2-6-18-7-8-19-10-3-4-11(13(15)16)12(14)9-10/h3-4,9H,2,5-8,14H2,1H3,(H,15,16). The van der Waals surface area contributed by atoms with Crippen molar-refractivity contribution in [1.82, 2.24) is 0 Å². The fraction of sp³-hybridized carbons (Fsp3) is 0.462. The summed E-state index contributed by atoms with van der Waals surface area (Å²) in [7, 11) is 1.65. The average Bonchev–Trinajstić information content (AvgIpc) is 2.37. The lowest BCUT2D eigenvalue weighted by Gasteiger charge is -2.08. The number of hydrogen-bond donors (Lipinski definition) is 2. The summed E-state index contributed by atoms with van der Waals surface area (Å²) in [5, 5.41) is 8.82. The minimum absolute atomic E-state index is 0.0724. The maximum atomic E-state index is 10.8. The van der Waals surface area contributed by atoms with Crippen LogP contribution in [0.5, 0.6) is 5.75 Å². The number of nitrogen functional groups attached to an aromatic ring is 1. The van der Waals surface area contributed by atoms with Gasteiger partial charge in [-0.1, -0.05) is 0 Å². The summed E-state index contributed by atoms with van der Waals surface area (Å²) in [5.74, 6) is -0.520. The Bertz CT molecular complexity index is 408. The number of benzene rings is 1. The zero-order chi connectivity index (χ0) is 14.1. The number of aromatic carboxylic acids is 1. The molecule has 0 unspecified atom stereocenters. The third-order valence-corrected chi connectivity index (χ3v) is 2.39. The van der Waals surface area contributed by atoms with Gasteiger partial charge in [0.25, 0.3) is 0 Å². The predicted octanol–water partition coefficient (Wildman–Crippen LogP) is 1.40. The van der Waals surface area contributed by atoms with E-state index in [1.54, 1.807) is 13.2 Å². The molecule has 3 N–H and O–H groups in total. The summed E-state index contributed by atoms with van der Waals surface area (Å²) >= 11 is 0. The highest BCUT2D eigenvalue weighted by Gasteiger charge is 2.08. The van der Waals surface area contributed by atoms with E-state index < -0.39 is 5.97 Å². The molecule has 0 bridgehead atoms. The van der Waals surface area contributed by atoms with E-state index in [1.165, 1.54) is 12.1 Å². The molecule has 0 aromatic heterocycles. The van der Waals surface area contributed by atoms with Crippen LogP contribution >= 0.6 is 0 Å². The lowest BCUT2D eigenvalue weighted by Crippen LogP contribution is -2.09. The van der Waals surface area contributed by atoms with Gasteiger partial charge in [0.15, 0.2) is 0 Å². The molecule has 0 aliphatic rings. The summed E-state index contributed by atoms with van der Waals surface area (Å²) in [6.07, 6.45) is 0.844. The second kappa shape index (κ2) is 8.34. The molecule has 0 saturated carbocycles. The van der Waals surface area contributed by atoms with E-state index in [0.717, 1.165) is 6.42 Å². The average molecular weight is 269 g/mol. The molecule has 0 spiro atoms. The molecule has 1 aromatic rings. The van der Waals surface area contributed by atoms with Crippen LogP contribution in [0.1, 0.15) is 16.8 Å². The molecule has 0 atom stereocenters. The first-order valence-electron chi connectivity index (χ1n) is 5.97. The number of hydrogen-bond acceptors (Lipinski definition) is 5. The van der Waals surface area contributed by atoms with Gasteiger partial charge >= 0.3 is 5.97 Å². The lowest BCUT2D eigenvalue weighted by molar-refractivity contribution is 0.0697. The van der Waals surface area contributed by atoms with Crippen molar-refractivity contribution < 1.29 is 24.1 Å². The first-order chi connectivity index (χ1) is 9.15. The van der Waals surface area contributed by atoms with Crippen LogP contribution < -0.4 is 10.5 Å². The first-order valence-corrected chi connectivity index (χ1v) is 5.97. The van der Waals surface area contributed by atoms with Crippen molar-refractivity contribution in [2.24, 2.45) is 0 Å². The molecule has 0 fully saturated rings. The third-order valence-electron chi connectivity index (χ3n) is 2.39. The SMILES string of the molecule is COCCCOCCOc1ccc(C(=O)O)c(N)c1.